The van der Waals surface area contributed by atoms with Gasteiger partial charge in [0.15, 0.2) is 11.4 Å². The summed E-state index contributed by atoms with van der Waals surface area (Å²) in [5.41, 5.74) is 15.6. The Morgan fingerprint density at radius 1 is 0.265 bits per heavy atom. The maximum atomic E-state index is 12.1. The van der Waals surface area contributed by atoms with Gasteiger partial charge in [0.1, 0.15) is 28.7 Å². The van der Waals surface area contributed by atoms with E-state index in [1.165, 1.54) is 114 Å². The second-order valence-electron chi connectivity index (χ2n) is 24.6. The number of rotatable bonds is 29. The molecule has 0 heterocycles. The highest BCUT2D eigenvalue weighted by molar-refractivity contribution is 5.92. The van der Waals surface area contributed by atoms with Crippen LogP contribution >= 0.6 is 0 Å². The SMILES string of the molecule is CCCCCCOc1ccc(C(=O)Oc2ccc(CC)cc2)cc1.CCCCCCOc1ccc(C(=O)Oc2ccc(CC)cc2)cc1.CCCCCc1ccc(-c2ccc(CC)cc2)cc1.[C-]#[N+]c1ccc(-c2ccc(CC)cc2)cc1.[C-]#[N+]c1ccc(OC(=O)c2ccc(CC)cc2)cc1. The summed E-state index contributed by atoms with van der Waals surface area (Å²) in [6, 6.07) is 77.5. The Bertz CT molecular complexity index is 3960. The minimum Gasteiger partial charge on any atom is -0.494 e. The normalized spacial score (nSPS) is 10.2. The summed E-state index contributed by atoms with van der Waals surface area (Å²) in [5.74, 6) is 2.05. The Balaban J connectivity index is 0.000000202. The van der Waals surface area contributed by atoms with Gasteiger partial charge in [-0.15, -0.1) is 0 Å². The van der Waals surface area contributed by atoms with Crippen molar-refractivity contribution in [1.29, 1.82) is 0 Å². The first-order valence-corrected chi connectivity index (χ1v) is 36.5. The van der Waals surface area contributed by atoms with E-state index in [1.54, 1.807) is 60.7 Å². The number of ether oxygens (including phenoxy) is 5. The smallest absolute Gasteiger partial charge is 0.343 e. The molecule has 0 unspecified atom stereocenters. The summed E-state index contributed by atoms with van der Waals surface area (Å²) in [6.45, 7) is 32.4. The molecule has 0 bridgehead atoms. The second kappa shape index (κ2) is 46.5. The molecule has 0 aliphatic carbocycles. The minimum atomic E-state index is -0.391. The number of unbranched alkanes of at least 4 members (excludes halogenated alkanes) is 8. The van der Waals surface area contributed by atoms with E-state index >= 15 is 0 Å². The van der Waals surface area contributed by atoms with Crippen molar-refractivity contribution >= 4 is 29.3 Å². The average molecular weight is 1360 g/mol. The molecule has 10 heteroatoms. The summed E-state index contributed by atoms with van der Waals surface area (Å²) in [5, 5.41) is 0. The number of aryl methyl sites for hydroxylation is 6. The van der Waals surface area contributed by atoms with Gasteiger partial charge in [0.25, 0.3) is 0 Å². The predicted molar refractivity (Wildman–Crippen MR) is 419 cm³/mol. The Morgan fingerprint density at radius 2 is 0.500 bits per heavy atom. The Kier molecular flexibility index (Phi) is 36.6. The zero-order valence-electron chi connectivity index (χ0n) is 61.2. The van der Waals surface area contributed by atoms with Gasteiger partial charge in [0.2, 0.25) is 0 Å². The van der Waals surface area contributed by atoms with Crippen molar-refractivity contribution in [1.82, 2.24) is 0 Å². The van der Waals surface area contributed by atoms with Gasteiger partial charge >= 0.3 is 17.9 Å². The number of esters is 3. The molecule has 10 rings (SSSR count). The van der Waals surface area contributed by atoms with Crippen LogP contribution in [0.2, 0.25) is 0 Å². The molecule has 0 N–H and O–H groups in total. The van der Waals surface area contributed by atoms with Crippen LogP contribution in [0, 0.1) is 13.1 Å². The molecule has 102 heavy (non-hydrogen) atoms. The maximum absolute atomic E-state index is 12.1. The number of carbonyl (C=O) groups is 3. The van der Waals surface area contributed by atoms with Crippen LogP contribution in [0.1, 0.15) is 190 Å². The van der Waals surface area contributed by atoms with Gasteiger partial charge in [0, 0.05) is 0 Å². The van der Waals surface area contributed by atoms with Crippen LogP contribution in [-0.4, -0.2) is 31.1 Å². The van der Waals surface area contributed by atoms with Gasteiger partial charge in [0.05, 0.1) is 43.0 Å². The van der Waals surface area contributed by atoms with Gasteiger partial charge in [-0.25, -0.2) is 24.1 Å². The second-order valence-corrected chi connectivity index (χ2v) is 24.6. The van der Waals surface area contributed by atoms with E-state index < -0.39 is 5.97 Å². The van der Waals surface area contributed by atoms with Gasteiger partial charge in [-0.2, -0.15) is 0 Å². The molecule has 0 aromatic heterocycles. The van der Waals surface area contributed by atoms with E-state index in [1.807, 2.05) is 109 Å². The first-order chi connectivity index (χ1) is 49.8. The minimum absolute atomic E-state index is 0.353. The fraction of sp³-hybridized carbons (Fsp3) is 0.293. The lowest BCUT2D eigenvalue weighted by Gasteiger charge is -2.08. The Morgan fingerprint density at radius 3 is 0.794 bits per heavy atom. The highest BCUT2D eigenvalue weighted by Crippen LogP contribution is 2.26. The summed E-state index contributed by atoms with van der Waals surface area (Å²) in [7, 11) is 0. The van der Waals surface area contributed by atoms with E-state index in [4.69, 9.17) is 36.8 Å². The van der Waals surface area contributed by atoms with Crippen LogP contribution in [0.25, 0.3) is 31.9 Å². The topological polar surface area (TPSA) is 106 Å². The summed E-state index contributed by atoms with van der Waals surface area (Å²) < 4.78 is 27.4. The van der Waals surface area contributed by atoms with Crippen molar-refractivity contribution in [2.45, 2.75) is 165 Å². The predicted octanol–water partition coefficient (Wildman–Crippen LogP) is 25.0. The monoisotopic (exact) mass is 1360 g/mol. The van der Waals surface area contributed by atoms with Crippen LogP contribution < -0.4 is 23.7 Å². The molecule has 0 aliphatic heterocycles. The van der Waals surface area contributed by atoms with Crippen LogP contribution in [0.5, 0.6) is 28.7 Å². The molecule has 10 nitrogen and oxygen atoms in total. The maximum Gasteiger partial charge on any atom is 0.343 e. The summed E-state index contributed by atoms with van der Waals surface area (Å²) >= 11 is 0. The molecule has 10 aromatic carbocycles. The van der Waals surface area contributed by atoms with E-state index in [9.17, 15) is 14.4 Å². The summed E-state index contributed by atoms with van der Waals surface area (Å²) in [6.07, 6.45) is 19.6. The van der Waals surface area contributed by atoms with Crippen molar-refractivity contribution in [2.75, 3.05) is 13.2 Å². The van der Waals surface area contributed by atoms with Gasteiger partial charge in [-0.3, -0.25) is 0 Å². The van der Waals surface area contributed by atoms with Crippen LogP contribution in [0.15, 0.2) is 243 Å². The molecular weight excluding hydrogens is 1260 g/mol. The number of hydrogen-bond acceptors (Lipinski definition) is 8. The van der Waals surface area contributed by atoms with E-state index in [2.05, 4.69) is 138 Å². The Labute approximate surface area is 608 Å². The quantitative estimate of drug-likeness (QED) is 0.0198. The van der Waals surface area contributed by atoms with Crippen molar-refractivity contribution < 1.29 is 38.1 Å². The first kappa shape index (κ1) is 80.2. The standard InChI is InChI=1S/2C21H26O3.C19H24.C16H13NO2.C15H13N/c2*1-3-5-6-7-16-23-19-14-10-18(11-15-19)21(22)24-20-12-8-17(4-2)9-13-20;1-3-5-6-7-17-10-14-19(15-11-17)18-12-8-16(4-2)9-13-18;1-3-12-4-6-13(7-5-12)16(18)19-15-10-8-14(17-2)9-11-15;1-3-12-4-6-13(7-5-12)14-8-10-15(16-2)11-9-14/h2*8-15H,3-7,16H2,1-2H3;8-15H,3-7H2,1-2H3;4-11H,3H2,1H3;4-11H,3H2,1H3. The molecule has 0 saturated heterocycles. The van der Waals surface area contributed by atoms with Gasteiger partial charge < -0.3 is 23.7 Å². The summed E-state index contributed by atoms with van der Waals surface area (Å²) in [4.78, 5) is 42.8. The fourth-order valence-corrected chi connectivity index (χ4v) is 10.4. The molecule has 0 saturated carbocycles. The molecule has 528 valence electrons. The molecule has 10 aromatic rings. The number of nitrogens with zero attached hydrogens (tertiary/aromatic N) is 2. The third kappa shape index (κ3) is 29.2. The highest BCUT2D eigenvalue weighted by Gasteiger charge is 2.12. The molecule has 0 aliphatic rings. The molecule has 0 fully saturated rings. The highest BCUT2D eigenvalue weighted by atomic mass is 16.5. The lowest BCUT2D eigenvalue weighted by Crippen LogP contribution is -2.08. The first-order valence-electron chi connectivity index (χ1n) is 36.5. The largest absolute Gasteiger partial charge is 0.494 e. The van der Waals surface area contributed by atoms with Crippen LogP contribution in [-0.2, 0) is 38.5 Å². The molecule has 0 atom stereocenters. The Hall–Kier alpha value is -10.8. The zero-order valence-corrected chi connectivity index (χ0v) is 61.2. The van der Waals surface area contributed by atoms with Crippen molar-refractivity contribution in [2.24, 2.45) is 0 Å². The van der Waals surface area contributed by atoms with E-state index in [0.717, 1.165) is 62.0 Å². The van der Waals surface area contributed by atoms with Crippen LogP contribution in [0.3, 0.4) is 0 Å². The molecule has 0 spiro atoms. The third-order valence-electron chi connectivity index (χ3n) is 17.0. The average Bonchev–Trinajstić information content (AvgIpc) is 0.883. The van der Waals surface area contributed by atoms with Crippen molar-refractivity contribution in [3.8, 4) is 51.0 Å². The van der Waals surface area contributed by atoms with Crippen molar-refractivity contribution in [3.63, 3.8) is 0 Å². The third-order valence-corrected chi connectivity index (χ3v) is 17.0. The molecular formula is C92H102N2O8. The zero-order chi connectivity index (χ0) is 72.9. The molecule has 0 amide bonds. The van der Waals surface area contributed by atoms with Gasteiger partial charge in [-0.1, -0.05) is 252 Å². The van der Waals surface area contributed by atoms with E-state index in [-0.39, 0.29) is 11.9 Å². The fourth-order valence-electron chi connectivity index (χ4n) is 10.4. The lowest BCUT2D eigenvalue weighted by atomic mass is 10.00. The van der Waals surface area contributed by atoms with Crippen LogP contribution in [0.4, 0.5) is 11.4 Å². The van der Waals surface area contributed by atoms with Gasteiger partial charge in [-0.05, 0) is 210 Å². The molecule has 0 radical (unpaired) electrons. The van der Waals surface area contributed by atoms with Crippen molar-refractivity contribution in [3.05, 3.63) is 316 Å². The number of benzene rings is 10. The number of carbonyl (C=O) groups excluding carboxylic acids is 3. The van der Waals surface area contributed by atoms with E-state index in [0.29, 0.717) is 58.5 Å². The number of hydrogen-bond donors (Lipinski definition) is 0. The lowest BCUT2D eigenvalue weighted by molar-refractivity contribution is 0.0725.